The molecule has 2 aromatic rings. The predicted molar refractivity (Wildman–Crippen MR) is 91.9 cm³/mol. The average molecular weight is 330 g/mol. The molecule has 2 heterocycles. The first-order valence-corrected chi connectivity index (χ1v) is 8.73. The zero-order valence-electron chi connectivity index (χ0n) is 14.7. The Bertz CT molecular complexity index is 753. The minimum Gasteiger partial charge on any atom is -0.393 e. The van der Waals surface area contributed by atoms with Crippen molar-refractivity contribution in [1.82, 2.24) is 19.9 Å². The number of hydrogen-bond donors (Lipinski definition) is 2. The second-order valence-corrected chi connectivity index (χ2v) is 6.88. The van der Waals surface area contributed by atoms with E-state index in [9.17, 15) is 9.90 Å². The van der Waals surface area contributed by atoms with Crippen LogP contribution in [0.3, 0.4) is 0 Å². The first-order valence-electron chi connectivity index (χ1n) is 8.73. The standard InChI is InChI=1S/C18H26N4O2/c1-11-9-17-20-12(2)15(13(3)22(17)21-11)7-8-18(24)19-10-14-5-4-6-16(14)23/h9,14,16,23H,4-8,10H2,1-3H3,(H,19,24). The highest BCUT2D eigenvalue weighted by Gasteiger charge is 2.25. The molecule has 0 aliphatic heterocycles. The van der Waals surface area contributed by atoms with Crippen LogP contribution in [-0.4, -0.2) is 38.3 Å². The zero-order chi connectivity index (χ0) is 17.3. The van der Waals surface area contributed by atoms with E-state index in [0.717, 1.165) is 47.6 Å². The molecule has 1 aliphatic rings. The number of nitrogens with one attached hydrogen (secondary N) is 1. The molecular weight excluding hydrogens is 304 g/mol. The van der Waals surface area contributed by atoms with Crippen molar-refractivity contribution in [2.45, 2.75) is 59.0 Å². The lowest BCUT2D eigenvalue weighted by Gasteiger charge is -2.15. The Morgan fingerprint density at radius 2 is 2.17 bits per heavy atom. The van der Waals surface area contributed by atoms with Gasteiger partial charge in [0.05, 0.1) is 11.8 Å². The minimum absolute atomic E-state index is 0.0321. The number of hydrogen-bond acceptors (Lipinski definition) is 4. The summed E-state index contributed by atoms with van der Waals surface area (Å²) in [5.74, 6) is 0.243. The Morgan fingerprint density at radius 3 is 2.88 bits per heavy atom. The van der Waals surface area contributed by atoms with Gasteiger partial charge in [-0.2, -0.15) is 5.10 Å². The van der Waals surface area contributed by atoms with Gasteiger partial charge in [0.2, 0.25) is 5.91 Å². The molecule has 1 amide bonds. The lowest BCUT2D eigenvalue weighted by atomic mass is 10.0. The van der Waals surface area contributed by atoms with Gasteiger partial charge in [0, 0.05) is 36.3 Å². The molecule has 1 fully saturated rings. The summed E-state index contributed by atoms with van der Waals surface area (Å²) in [5, 5.41) is 17.2. The number of carbonyl (C=O) groups is 1. The maximum atomic E-state index is 12.1. The Morgan fingerprint density at radius 1 is 1.38 bits per heavy atom. The van der Waals surface area contributed by atoms with Crippen LogP contribution in [0.2, 0.25) is 0 Å². The van der Waals surface area contributed by atoms with E-state index >= 15 is 0 Å². The Balaban J connectivity index is 1.61. The van der Waals surface area contributed by atoms with Gasteiger partial charge in [-0.05, 0) is 45.6 Å². The summed E-state index contributed by atoms with van der Waals surface area (Å²) in [6.45, 7) is 6.54. The van der Waals surface area contributed by atoms with Gasteiger partial charge in [0.25, 0.3) is 0 Å². The molecule has 1 aliphatic carbocycles. The zero-order valence-corrected chi connectivity index (χ0v) is 14.7. The number of aryl methyl sites for hydroxylation is 3. The molecule has 2 aromatic heterocycles. The van der Waals surface area contributed by atoms with Crippen molar-refractivity contribution in [2.24, 2.45) is 5.92 Å². The molecule has 0 radical (unpaired) electrons. The van der Waals surface area contributed by atoms with Gasteiger partial charge in [-0.25, -0.2) is 9.50 Å². The first-order chi connectivity index (χ1) is 11.5. The molecule has 2 unspecified atom stereocenters. The fraction of sp³-hybridized carbons (Fsp3) is 0.611. The first kappa shape index (κ1) is 16.9. The topological polar surface area (TPSA) is 79.5 Å². The van der Waals surface area contributed by atoms with E-state index in [-0.39, 0.29) is 17.9 Å². The second kappa shape index (κ2) is 6.89. The van der Waals surface area contributed by atoms with Crippen molar-refractivity contribution in [3.8, 4) is 0 Å². The maximum absolute atomic E-state index is 12.1. The molecule has 2 atom stereocenters. The van der Waals surface area contributed by atoms with Crippen LogP contribution in [-0.2, 0) is 11.2 Å². The summed E-state index contributed by atoms with van der Waals surface area (Å²) < 4.78 is 1.85. The van der Waals surface area contributed by atoms with E-state index < -0.39 is 0 Å². The van der Waals surface area contributed by atoms with Crippen molar-refractivity contribution in [1.29, 1.82) is 0 Å². The molecule has 6 heteroatoms. The fourth-order valence-corrected chi connectivity index (χ4v) is 3.63. The van der Waals surface area contributed by atoms with Crippen LogP contribution in [0.1, 0.15) is 48.3 Å². The molecule has 24 heavy (non-hydrogen) atoms. The molecule has 2 N–H and O–H groups in total. The third-order valence-electron chi connectivity index (χ3n) is 5.07. The van der Waals surface area contributed by atoms with Crippen LogP contribution in [0, 0.1) is 26.7 Å². The van der Waals surface area contributed by atoms with E-state index in [0.29, 0.717) is 19.4 Å². The highest BCUT2D eigenvalue weighted by molar-refractivity contribution is 5.76. The number of aliphatic hydroxyl groups is 1. The molecule has 6 nitrogen and oxygen atoms in total. The number of carbonyl (C=O) groups excluding carboxylic acids is 1. The monoisotopic (exact) mass is 330 g/mol. The molecule has 0 aromatic carbocycles. The van der Waals surface area contributed by atoms with Crippen molar-refractivity contribution >= 4 is 11.6 Å². The summed E-state index contributed by atoms with van der Waals surface area (Å²) in [7, 11) is 0. The molecule has 0 bridgehead atoms. The van der Waals surface area contributed by atoms with Crippen molar-refractivity contribution in [3.05, 3.63) is 28.7 Å². The largest absolute Gasteiger partial charge is 0.393 e. The van der Waals surface area contributed by atoms with Crippen molar-refractivity contribution in [3.63, 3.8) is 0 Å². The van der Waals surface area contributed by atoms with Crippen LogP contribution in [0.15, 0.2) is 6.07 Å². The summed E-state index contributed by atoms with van der Waals surface area (Å²) in [4.78, 5) is 16.7. The van der Waals surface area contributed by atoms with Crippen LogP contribution >= 0.6 is 0 Å². The fourth-order valence-electron chi connectivity index (χ4n) is 3.63. The number of nitrogens with zero attached hydrogens (tertiary/aromatic N) is 3. The smallest absolute Gasteiger partial charge is 0.220 e. The molecule has 0 spiro atoms. The second-order valence-electron chi connectivity index (χ2n) is 6.88. The van der Waals surface area contributed by atoms with Gasteiger partial charge in [-0.3, -0.25) is 4.79 Å². The lowest BCUT2D eigenvalue weighted by molar-refractivity contribution is -0.121. The Hall–Kier alpha value is -1.95. The van der Waals surface area contributed by atoms with Gasteiger partial charge in [0.15, 0.2) is 5.65 Å². The quantitative estimate of drug-likeness (QED) is 0.877. The van der Waals surface area contributed by atoms with E-state index in [1.807, 2.05) is 31.4 Å². The van der Waals surface area contributed by atoms with Gasteiger partial charge >= 0.3 is 0 Å². The SMILES string of the molecule is Cc1cc2nc(C)c(CCC(=O)NCC3CCCC3O)c(C)n2n1. The van der Waals surface area contributed by atoms with Crippen LogP contribution < -0.4 is 5.32 Å². The molecule has 130 valence electrons. The maximum Gasteiger partial charge on any atom is 0.220 e. The molecular formula is C18H26N4O2. The van der Waals surface area contributed by atoms with Gasteiger partial charge in [-0.15, -0.1) is 0 Å². The lowest BCUT2D eigenvalue weighted by Crippen LogP contribution is -2.32. The van der Waals surface area contributed by atoms with Crippen molar-refractivity contribution < 1.29 is 9.90 Å². The highest BCUT2D eigenvalue weighted by atomic mass is 16.3. The number of fused-ring (bicyclic) bond motifs is 1. The summed E-state index contributed by atoms with van der Waals surface area (Å²) >= 11 is 0. The third kappa shape index (κ3) is 3.43. The number of amides is 1. The van der Waals surface area contributed by atoms with E-state index in [2.05, 4.69) is 15.4 Å². The van der Waals surface area contributed by atoms with E-state index in [1.54, 1.807) is 0 Å². The Kier molecular flexibility index (Phi) is 4.85. The Labute approximate surface area is 142 Å². The van der Waals surface area contributed by atoms with E-state index in [1.165, 1.54) is 0 Å². The van der Waals surface area contributed by atoms with Crippen molar-refractivity contribution in [2.75, 3.05) is 6.54 Å². The van der Waals surface area contributed by atoms with Crippen LogP contribution in [0.25, 0.3) is 5.65 Å². The molecule has 1 saturated carbocycles. The number of rotatable bonds is 5. The normalized spacial score (nSPS) is 20.7. The summed E-state index contributed by atoms with van der Waals surface area (Å²) in [6, 6.07) is 1.96. The number of aliphatic hydroxyl groups excluding tert-OH is 1. The average Bonchev–Trinajstić information content (AvgIpc) is 3.10. The summed E-state index contributed by atoms with van der Waals surface area (Å²) in [5.41, 5.74) is 4.88. The van der Waals surface area contributed by atoms with E-state index in [4.69, 9.17) is 0 Å². The minimum atomic E-state index is -0.260. The van der Waals surface area contributed by atoms with Gasteiger partial charge in [0.1, 0.15) is 0 Å². The highest BCUT2D eigenvalue weighted by Crippen LogP contribution is 2.24. The van der Waals surface area contributed by atoms with Crippen LogP contribution in [0.5, 0.6) is 0 Å². The molecule has 0 saturated heterocycles. The van der Waals surface area contributed by atoms with Crippen LogP contribution in [0.4, 0.5) is 0 Å². The third-order valence-corrected chi connectivity index (χ3v) is 5.07. The number of aromatic nitrogens is 3. The van der Waals surface area contributed by atoms with Gasteiger partial charge < -0.3 is 10.4 Å². The predicted octanol–water partition coefficient (Wildman–Crippen LogP) is 1.86. The summed E-state index contributed by atoms with van der Waals surface area (Å²) in [6.07, 6.45) is 3.72. The molecule has 3 rings (SSSR count). The van der Waals surface area contributed by atoms with Gasteiger partial charge in [-0.1, -0.05) is 6.42 Å².